The maximum Gasteiger partial charge on any atom is 0.155 e. The van der Waals surface area contributed by atoms with Crippen molar-refractivity contribution in [1.29, 1.82) is 0 Å². The van der Waals surface area contributed by atoms with Crippen LogP contribution in [0.3, 0.4) is 0 Å². The molecule has 3 aliphatic heterocycles. The Hall–Kier alpha value is -2.73. The summed E-state index contributed by atoms with van der Waals surface area (Å²) in [5.74, 6) is 1.53. The third-order valence-electron chi connectivity index (χ3n) is 5.86. The van der Waals surface area contributed by atoms with Gasteiger partial charge in [-0.25, -0.2) is 4.99 Å². The molecule has 0 unspecified atom stereocenters. The van der Waals surface area contributed by atoms with E-state index in [0.717, 1.165) is 66.2 Å². The standard InChI is InChI=1S/C22H26N6/c1-14-10-17(11-18-12-27(3)26-21(14)18)19-6-9-28-13-20(16-4-7-23-8-5-16)24-15(2)22(28)25-19/h6,10-13,16,23H,4-5,7-9H2,1-3H3. The third-order valence-corrected chi connectivity index (χ3v) is 5.86. The minimum absolute atomic E-state index is 0.554. The van der Waals surface area contributed by atoms with E-state index >= 15 is 0 Å². The molecule has 0 spiro atoms. The van der Waals surface area contributed by atoms with Crippen molar-refractivity contribution in [3.8, 4) is 0 Å². The van der Waals surface area contributed by atoms with E-state index in [1.54, 1.807) is 0 Å². The highest BCUT2D eigenvalue weighted by atomic mass is 15.2. The second-order valence-electron chi connectivity index (χ2n) is 7.99. The van der Waals surface area contributed by atoms with Crippen LogP contribution in [0.5, 0.6) is 0 Å². The summed E-state index contributed by atoms with van der Waals surface area (Å²) in [6, 6.07) is 4.37. The first-order chi connectivity index (χ1) is 13.6. The number of nitrogens with zero attached hydrogens (tertiary/aromatic N) is 5. The number of nitrogens with one attached hydrogen (secondary N) is 1. The first-order valence-electron chi connectivity index (χ1n) is 10.1. The zero-order valence-corrected chi connectivity index (χ0v) is 16.7. The van der Waals surface area contributed by atoms with Crippen LogP contribution < -0.4 is 5.32 Å². The van der Waals surface area contributed by atoms with Crippen LogP contribution in [0.1, 0.15) is 30.9 Å². The molecule has 1 saturated heterocycles. The van der Waals surface area contributed by atoms with Crippen molar-refractivity contribution in [1.82, 2.24) is 20.0 Å². The first-order valence-corrected chi connectivity index (χ1v) is 10.1. The summed E-state index contributed by atoms with van der Waals surface area (Å²) in [6.45, 7) is 7.19. The molecule has 28 heavy (non-hydrogen) atoms. The van der Waals surface area contributed by atoms with Crippen LogP contribution >= 0.6 is 0 Å². The quantitative estimate of drug-likeness (QED) is 0.878. The molecule has 0 bridgehead atoms. The van der Waals surface area contributed by atoms with Crippen LogP contribution in [0.15, 0.2) is 46.3 Å². The molecule has 2 aromatic rings. The van der Waals surface area contributed by atoms with Crippen LogP contribution in [-0.4, -0.2) is 45.9 Å². The van der Waals surface area contributed by atoms with Gasteiger partial charge in [0, 0.05) is 42.9 Å². The van der Waals surface area contributed by atoms with E-state index in [0.29, 0.717) is 5.92 Å². The smallest absolute Gasteiger partial charge is 0.155 e. The van der Waals surface area contributed by atoms with Gasteiger partial charge in [0.2, 0.25) is 0 Å². The number of aliphatic imine (C=N–C) groups is 2. The van der Waals surface area contributed by atoms with E-state index in [1.165, 1.54) is 11.3 Å². The molecule has 1 aromatic carbocycles. The van der Waals surface area contributed by atoms with Crippen molar-refractivity contribution >= 4 is 28.1 Å². The highest BCUT2D eigenvalue weighted by Crippen LogP contribution is 2.30. The van der Waals surface area contributed by atoms with E-state index < -0.39 is 0 Å². The summed E-state index contributed by atoms with van der Waals surface area (Å²) in [4.78, 5) is 12.2. The Morgan fingerprint density at radius 1 is 1.11 bits per heavy atom. The van der Waals surface area contributed by atoms with Gasteiger partial charge in [-0.2, -0.15) is 5.10 Å². The molecule has 4 heterocycles. The van der Waals surface area contributed by atoms with Gasteiger partial charge in [0.05, 0.1) is 22.6 Å². The second kappa shape index (κ2) is 6.71. The van der Waals surface area contributed by atoms with Gasteiger partial charge in [0.1, 0.15) is 0 Å². The Kier molecular flexibility index (Phi) is 4.16. The van der Waals surface area contributed by atoms with E-state index in [4.69, 9.17) is 9.98 Å². The molecule has 1 N–H and O–H groups in total. The van der Waals surface area contributed by atoms with Crippen molar-refractivity contribution in [2.24, 2.45) is 23.0 Å². The van der Waals surface area contributed by atoms with Crippen LogP contribution in [0.2, 0.25) is 0 Å². The average Bonchev–Trinajstić information content (AvgIpc) is 3.09. The van der Waals surface area contributed by atoms with E-state index in [-0.39, 0.29) is 0 Å². The monoisotopic (exact) mass is 374 g/mol. The molecule has 5 rings (SSSR count). The summed E-state index contributed by atoms with van der Waals surface area (Å²) in [5.41, 5.74) is 6.63. The highest BCUT2D eigenvalue weighted by molar-refractivity contribution is 6.42. The van der Waals surface area contributed by atoms with Gasteiger partial charge in [0.25, 0.3) is 0 Å². The molecule has 0 radical (unpaired) electrons. The van der Waals surface area contributed by atoms with Gasteiger partial charge < -0.3 is 10.2 Å². The Labute approximate surface area is 165 Å². The molecule has 0 amide bonds. The number of hydrogen-bond donors (Lipinski definition) is 1. The number of aryl methyl sites for hydroxylation is 2. The normalized spacial score (nSPS) is 20.5. The van der Waals surface area contributed by atoms with Crippen LogP contribution in [0.4, 0.5) is 0 Å². The zero-order chi connectivity index (χ0) is 19.3. The van der Waals surface area contributed by atoms with Gasteiger partial charge in [-0.1, -0.05) is 0 Å². The summed E-state index contributed by atoms with van der Waals surface area (Å²) >= 11 is 0. The summed E-state index contributed by atoms with van der Waals surface area (Å²) in [5, 5.41) is 9.14. The molecule has 1 aromatic heterocycles. The van der Waals surface area contributed by atoms with E-state index in [9.17, 15) is 0 Å². The lowest BCUT2D eigenvalue weighted by Crippen LogP contribution is -2.38. The van der Waals surface area contributed by atoms with Crippen molar-refractivity contribution in [2.75, 3.05) is 19.6 Å². The predicted molar refractivity (Wildman–Crippen MR) is 114 cm³/mol. The second-order valence-corrected chi connectivity index (χ2v) is 7.99. The van der Waals surface area contributed by atoms with Crippen molar-refractivity contribution in [2.45, 2.75) is 26.7 Å². The lowest BCUT2D eigenvalue weighted by Gasteiger charge is -2.32. The van der Waals surface area contributed by atoms with Crippen LogP contribution in [-0.2, 0) is 7.05 Å². The Morgan fingerprint density at radius 2 is 1.93 bits per heavy atom. The lowest BCUT2D eigenvalue weighted by molar-refractivity contribution is 0.410. The fraction of sp³-hybridized carbons (Fsp3) is 0.409. The number of fused-ring (bicyclic) bond motifs is 2. The SMILES string of the molecule is CC1=NC(C2CCNCC2)=CN2CC=C(c3cc(C)c4nn(C)cc4c3)N=C12. The van der Waals surface area contributed by atoms with Crippen LogP contribution in [0, 0.1) is 12.8 Å². The summed E-state index contributed by atoms with van der Waals surface area (Å²) < 4.78 is 1.87. The van der Waals surface area contributed by atoms with Crippen molar-refractivity contribution < 1.29 is 0 Å². The number of amidine groups is 1. The zero-order valence-electron chi connectivity index (χ0n) is 16.7. The average molecular weight is 374 g/mol. The van der Waals surface area contributed by atoms with E-state index in [2.05, 4.69) is 59.8 Å². The number of hydrogen-bond acceptors (Lipinski definition) is 5. The molecule has 0 aliphatic carbocycles. The highest BCUT2D eigenvalue weighted by Gasteiger charge is 2.26. The largest absolute Gasteiger partial charge is 0.326 e. The van der Waals surface area contributed by atoms with Crippen molar-refractivity contribution in [3.63, 3.8) is 0 Å². The lowest BCUT2D eigenvalue weighted by atomic mass is 9.94. The summed E-state index contributed by atoms with van der Waals surface area (Å²) in [7, 11) is 1.96. The molecule has 0 saturated carbocycles. The molecule has 1 fully saturated rings. The maximum absolute atomic E-state index is 4.98. The predicted octanol–water partition coefficient (Wildman–Crippen LogP) is 3.25. The van der Waals surface area contributed by atoms with Gasteiger partial charge >= 0.3 is 0 Å². The number of allylic oxidation sites excluding steroid dienone is 1. The van der Waals surface area contributed by atoms with E-state index in [1.807, 2.05) is 11.7 Å². The topological polar surface area (TPSA) is 57.8 Å². The van der Waals surface area contributed by atoms with Gasteiger partial charge in [-0.3, -0.25) is 9.67 Å². The molecule has 0 atom stereocenters. The first kappa shape index (κ1) is 17.4. The molecule has 144 valence electrons. The summed E-state index contributed by atoms with van der Waals surface area (Å²) in [6.07, 6.45) is 8.82. The van der Waals surface area contributed by atoms with Gasteiger partial charge in [-0.15, -0.1) is 0 Å². The fourth-order valence-corrected chi connectivity index (χ4v) is 4.40. The minimum atomic E-state index is 0.554. The number of benzene rings is 1. The Bertz CT molecular complexity index is 1060. The molecular weight excluding hydrogens is 348 g/mol. The molecule has 6 nitrogen and oxygen atoms in total. The Balaban J connectivity index is 1.46. The number of aromatic nitrogens is 2. The third kappa shape index (κ3) is 2.98. The molecule has 6 heteroatoms. The molecule has 3 aliphatic rings. The molecular formula is C22H26N6. The number of piperidine rings is 1. The maximum atomic E-state index is 4.98. The Morgan fingerprint density at radius 3 is 2.75 bits per heavy atom. The van der Waals surface area contributed by atoms with Gasteiger partial charge in [0.15, 0.2) is 5.84 Å². The van der Waals surface area contributed by atoms with Crippen LogP contribution in [0.25, 0.3) is 16.6 Å². The number of rotatable bonds is 2. The van der Waals surface area contributed by atoms with Gasteiger partial charge in [-0.05, 0) is 63.6 Å². The fourth-order valence-electron chi connectivity index (χ4n) is 4.40. The minimum Gasteiger partial charge on any atom is -0.326 e. The van der Waals surface area contributed by atoms with Crippen molar-refractivity contribution in [3.05, 3.63) is 47.4 Å².